The van der Waals surface area contributed by atoms with E-state index < -0.39 is 0 Å². The zero-order valence-corrected chi connectivity index (χ0v) is 7.88. The highest BCUT2D eigenvalue weighted by atomic mass is 35.5. The van der Waals surface area contributed by atoms with E-state index in [9.17, 15) is 0 Å². The maximum Gasteiger partial charge on any atom is 0.118 e. The van der Waals surface area contributed by atoms with Crippen molar-refractivity contribution >= 4 is 34.2 Å². The van der Waals surface area contributed by atoms with Crippen molar-refractivity contribution < 1.29 is 0 Å². The minimum absolute atomic E-state index is 0.0877. The molecule has 0 aromatic carbocycles. The van der Waals surface area contributed by atoms with Crippen LogP contribution in [0.1, 0.15) is 13.8 Å². The van der Waals surface area contributed by atoms with Crippen molar-refractivity contribution in [1.82, 2.24) is 0 Å². The molecule has 0 spiro atoms. The predicted octanol–water partition coefficient (Wildman–Crippen LogP) is 2.37. The number of alkyl halides is 1. The van der Waals surface area contributed by atoms with Crippen LogP contribution in [0, 0.1) is 5.41 Å². The molecule has 0 aliphatic rings. The van der Waals surface area contributed by atoms with Gasteiger partial charge in [-0.2, -0.15) is 0 Å². The number of hydrogen-bond donors (Lipinski definition) is 1. The Morgan fingerprint density at radius 3 is 2.30 bits per heavy atom. The van der Waals surface area contributed by atoms with Crippen LogP contribution in [0.2, 0.25) is 0 Å². The standard InChI is InChI=1S/C6H11ClN2S/c1-4(7)6(10-3)9-5(2)8/h4,8H,1-3H3. The lowest BCUT2D eigenvalue weighted by atomic mass is 10.5. The summed E-state index contributed by atoms with van der Waals surface area (Å²) in [7, 11) is 0. The molecular weight excluding hydrogens is 168 g/mol. The molecule has 0 heterocycles. The summed E-state index contributed by atoms with van der Waals surface area (Å²) in [6, 6.07) is 0. The Bertz CT molecular complexity index is 154. The number of nitrogens with zero attached hydrogens (tertiary/aromatic N) is 1. The minimum atomic E-state index is -0.0877. The molecule has 0 aliphatic heterocycles. The van der Waals surface area contributed by atoms with Crippen LogP contribution in [0.5, 0.6) is 0 Å². The van der Waals surface area contributed by atoms with Crippen LogP contribution < -0.4 is 0 Å². The normalized spacial score (nSPS) is 15.0. The summed E-state index contributed by atoms with van der Waals surface area (Å²) in [5, 5.41) is 7.77. The average molecular weight is 179 g/mol. The highest BCUT2D eigenvalue weighted by Crippen LogP contribution is 2.08. The van der Waals surface area contributed by atoms with Gasteiger partial charge in [-0.05, 0) is 20.1 Å². The molecule has 0 saturated carbocycles. The Morgan fingerprint density at radius 2 is 2.20 bits per heavy atom. The molecular formula is C6H11ClN2S. The Kier molecular flexibility index (Phi) is 4.73. The zero-order valence-electron chi connectivity index (χ0n) is 6.31. The van der Waals surface area contributed by atoms with Crippen LogP contribution in [-0.4, -0.2) is 22.5 Å². The summed E-state index contributed by atoms with van der Waals surface area (Å²) in [5.74, 6) is 0.303. The Labute approximate surface area is 70.6 Å². The van der Waals surface area contributed by atoms with Gasteiger partial charge in [-0.1, -0.05) is 0 Å². The Hall–Kier alpha value is -0.0200. The molecule has 0 saturated heterocycles. The fourth-order valence-electron chi connectivity index (χ4n) is 0.462. The quantitative estimate of drug-likeness (QED) is 0.374. The number of halogens is 1. The van der Waals surface area contributed by atoms with Gasteiger partial charge in [-0.25, -0.2) is 4.99 Å². The molecule has 1 atom stereocenters. The van der Waals surface area contributed by atoms with Crippen LogP contribution >= 0.6 is 23.4 Å². The first-order chi connectivity index (χ1) is 4.57. The molecule has 0 aromatic rings. The third-order valence-electron chi connectivity index (χ3n) is 0.827. The molecule has 0 fully saturated rings. The third-order valence-corrected chi connectivity index (χ3v) is 2.03. The molecule has 2 nitrogen and oxygen atoms in total. The SMILES string of the molecule is CSC(=NC(C)=N)C(C)Cl. The maximum absolute atomic E-state index is 7.06. The number of amidine groups is 1. The van der Waals surface area contributed by atoms with Gasteiger partial charge >= 0.3 is 0 Å². The van der Waals surface area contributed by atoms with Gasteiger partial charge in [0.25, 0.3) is 0 Å². The van der Waals surface area contributed by atoms with E-state index in [1.54, 1.807) is 6.92 Å². The van der Waals surface area contributed by atoms with Crippen molar-refractivity contribution in [3.63, 3.8) is 0 Å². The number of aliphatic imine (C=N–C) groups is 1. The van der Waals surface area contributed by atoms with E-state index in [1.807, 2.05) is 13.2 Å². The second-order valence-electron chi connectivity index (χ2n) is 1.86. The van der Waals surface area contributed by atoms with E-state index in [2.05, 4.69) is 4.99 Å². The average Bonchev–Trinajstić information content (AvgIpc) is 1.81. The van der Waals surface area contributed by atoms with Crippen molar-refractivity contribution in [3.8, 4) is 0 Å². The van der Waals surface area contributed by atoms with Crippen LogP contribution in [-0.2, 0) is 0 Å². The van der Waals surface area contributed by atoms with Crippen LogP contribution in [0.25, 0.3) is 0 Å². The summed E-state index contributed by atoms with van der Waals surface area (Å²) < 4.78 is 0. The first-order valence-corrected chi connectivity index (χ1v) is 4.56. The molecule has 0 bridgehead atoms. The van der Waals surface area contributed by atoms with Gasteiger partial charge in [-0.15, -0.1) is 23.4 Å². The van der Waals surface area contributed by atoms with Gasteiger partial charge in [0, 0.05) is 0 Å². The van der Waals surface area contributed by atoms with E-state index in [4.69, 9.17) is 17.0 Å². The number of rotatable bonds is 1. The molecule has 1 N–H and O–H groups in total. The number of thioether (sulfide) groups is 1. The molecule has 10 heavy (non-hydrogen) atoms. The number of hydrogen-bond acceptors (Lipinski definition) is 2. The van der Waals surface area contributed by atoms with Crippen LogP contribution in [0.4, 0.5) is 0 Å². The second-order valence-corrected chi connectivity index (χ2v) is 3.34. The molecule has 58 valence electrons. The van der Waals surface area contributed by atoms with E-state index in [-0.39, 0.29) is 5.38 Å². The summed E-state index contributed by atoms with van der Waals surface area (Å²) >= 11 is 7.22. The lowest BCUT2D eigenvalue weighted by molar-refractivity contribution is 1.30. The van der Waals surface area contributed by atoms with E-state index in [0.717, 1.165) is 5.04 Å². The molecule has 0 radical (unpaired) electrons. The third kappa shape index (κ3) is 3.90. The maximum atomic E-state index is 7.06. The van der Waals surface area contributed by atoms with Crippen molar-refractivity contribution in [3.05, 3.63) is 0 Å². The first kappa shape index (κ1) is 9.98. The molecule has 0 aromatic heterocycles. The highest BCUT2D eigenvalue weighted by molar-refractivity contribution is 8.13. The molecule has 0 rings (SSSR count). The number of nitrogens with one attached hydrogen (secondary N) is 1. The Morgan fingerprint density at radius 1 is 1.70 bits per heavy atom. The molecule has 0 amide bonds. The fraction of sp³-hybridized carbons (Fsp3) is 0.667. The molecule has 0 aliphatic carbocycles. The predicted molar refractivity (Wildman–Crippen MR) is 49.7 cm³/mol. The fourth-order valence-corrected chi connectivity index (χ4v) is 1.33. The lowest BCUT2D eigenvalue weighted by Gasteiger charge is -2.02. The van der Waals surface area contributed by atoms with Gasteiger partial charge in [0.15, 0.2) is 0 Å². The largest absolute Gasteiger partial charge is 0.287 e. The van der Waals surface area contributed by atoms with Crippen molar-refractivity contribution in [2.75, 3.05) is 6.26 Å². The smallest absolute Gasteiger partial charge is 0.118 e. The van der Waals surface area contributed by atoms with E-state index in [0.29, 0.717) is 5.84 Å². The summed E-state index contributed by atoms with van der Waals surface area (Å²) in [6.45, 7) is 3.48. The summed E-state index contributed by atoms with van der Waals surface area (Å²) in [6.07, 6.45) is 1.90. The Balaban J connectivity index is 4.18. The van der Waals surface area contributed by atoms with Crippen LogP contribution in [0.15, 0.2) is 4.99 Å². The summed E-state index contributed by atoms with van der Waals surface area (Å²) in [4.78, 5) is 3.93. The van der Waals surface area contributed by atoms with E-state index >= 15 is 0 Å². The van der Waals surface area contributed by atoms with Gasteiger partial charge in [0.2, 0.25) is 0 Å². The molecule has 4 heteroatoms. The minimum Gasteiger partial charge on any atom is -0.287 e. The van der Waals surface area contributed by atoms with Crippen molar-refractivity contribution in [1.29, 1.82) is 5.41 Å². The second kappa shape index (κ2) is 4.74. The van der Waals surface area contributed by atoms with Gasteiger partial charge < -0.3 is 0 Å². The highest BCUT2D eigenvalue weighted by Gasteiger charge is 2.04. The van der Waals surface area contributed by atoms with Gasteiger partial charge in [0.05, 0.1) is 10.4 Å². The van der Waals surface area contributed by atoms with Crippen LogP contribution in [0.3, 0.4) is 0 Å². The summed E-state index contributed by atoms with van der Waals surface area (Å²) in [5.41, 5.74) is 0. The van der Waals surface area contributed by atoms with Gasteiger partial charge in [-0.3, -0.25) is 5.41 Å². The lowest BCUT2D eigenvalue weighted by Crippen LogP contribution is -2.07. The van der Waals surface area contributed by atoms with Gasteiger partial charge in [0.1, 0.15) is 5.84 Å². The van der Waals surface area contributed by atoms with Crippen molar-refractivity contribution in [2.45, 2.75) is 19.2 Å². The van der Waals surface area contributed by atoms with E-state index in [1.165, 1.54) is 11.8 Å². The monoisotopic (exact) mass is 178 g/mol. The topological polar surface area (TPSA) is 36.2 Å². The molecule has 1 unspecified atom stereocenters. The first-order valence-electron chi connectivity index (χ1n) is 2.89. The zero-order chi connectivity index (χ0) is 8.15. The van der Waals surface area contributed by atoms with Crippen molar-refractivity contribution in [2.24, 2.45) is 4.99 Å².